The molecular weight excluding hydrogens is 390 g/mol. The van der Waals surface area contributed by atoms with Gasteiger partial charge >= 0.3 is 85.2 Å². The maximum absolute atomic E-state index is 9.85. The van der Waals surface area contributed by atoms with E-state index in [9.17, 15) is 19.8 Å². The molecule has 0 saturated heterocycles. The second-order valence-corrected chi connectivity index (χ2v) is 6.71. The van der Waals surface area contributed by atoms with E-state index in [2.05, 4.69) is 44.0 Å². The van der Waals surface area contributed by atoms with E-state index < -0.39 is 22.4 Å². The molecule has 0 atom stereocenters. The van der Waals surface area contributed by atoms with E-state index in [-0.39, 0.29) is 0 Å². The van der Waals surface area contributed by atoms with Crippen LogP contribution in [0.25, 0.3) is 0 Å². The van der Waals surface area contributed by atoms with E-state index >= 15 is 0 Å². The van der Waals surface area contributed by atoms with Crippen LogP contribution < -0.4 is 21.1 Å². The Morgan fingerprint density at radius 3 is 1.00 bits per heavy atom. The molecule has 0 unspecified atom stereocenters. The first-order valence-corrected chi connectivity index (χ1v) is 9.38. The van der Waals surface area contributed by atoms with Crippen molar-refractivity contribution >= 4 is 29.0 Å². The molecule has 0 bridgehead atoms. The van der Waals surface area contributed by atoms with E-state index in [1.165, 1.54) is 0 Å². The second-order valence-electron chi connectivity index (χ2n) is 3.29. The molecule has 0 fully saturated rings. The quantitative estimate of drug-likeness (QED) is 0.376. The van der Waals surface area contributed by atoms with Crippen molar-refractivity contribution in [2.24, 2.45) is 0 Å². The van der Waals surface area contributed by atoms with Crippen LogP contribution in [-0.2, 0) is 0 Å². The van der Waals surface area contributed by atoms with Crippen LogP contribution in [0.4, 0.5) is 0 Å². The summed E-state index contributed by atoms with van der Waals surface area (Å²) in [6, 6.07) is 12.4. The van der Waals surface area contributed by atoms with Crippen molar-refractivity contribution in [2.45, 2.75) is 0 Å². The first kappa shape index (κ1) is 16.5. The fourth-order valence-corrected chi connectivity index (χ4v) is 2.84. The summed E-state index contributed by atoms with van der Waals surface area (Å²) < 4.78 is 0. The summed E-state index contributed by atoms with van der Waals surface area (Å²) in [5, 5.41) is 19.7. The van der Waals surface area contributed by atoms with Gasteiger partial charge in [0.1, 0.15) is 0 Å². The van der Waals surface area contributed by atoms with Gasteiger partial charge in [-0.3, -0.25) is 9.59 Å². The summed E-state index contributed by atoms with van der Waals surface area (Å²) in [7, 11) is 0. The number of hydrogen-bond donors (Lipinski definition) is 0. The van der Waals surface area contributed by atoms with Crippen molar-refractivity contribution in [1.29, 1.82) is 0 Å². The number of rotatable bonds is 0. The zero-order valence-electron chi connectivity index (χ0n) is 10.2. The third-order valence-corrected chi connectivity index (χ3v) is 4.54. The first-order chi connectivity index (χ1) is 9.64. The van der Waals surface area contributed by atoms with Crippen molar-refractivity contribution in [1.82, 2.24) is 0 Å². The molecule has 0 aliphatic carbocycles. The van der Waals surface area contributed by atoms with Crippen molar-refractivity contribution < 1.29 is 10.2 Å². The SMILES string of the molecule is O=c1c([O-])c([O-])c1=O.c1cc[se+]cc1.c1cc[se+]cc1. The van der Waals surface area contributed by atoms with Gasteiger partial charge in [0.2, 0.25) is 10.9 Å². The Hall–Kier alpha value is -1.58. The van der Waals surface area contributed by atoms with Gasteiger partial charge in [0.25, 0.3) is 0 Å². The van der Waals surface area contributed by atoms with Gasteiger partial charge in [-0.25, -0.2) is 0 Å². The Kier molecular flexibility index (Phi) is 7.70. The van der Waals surface area contributed by atoms with Crippen molar-refractivity contribution in [3.8, 4) is 11.5 Å². The molecule has 4 nitrogen and oxygen atoms in total. The third-order valence-electron chi connectivity index (χ3n) is 1.90. The predicted octanol–water partition coefficient (Wildman–Crippen LogP) is -0.521. The molecule has 102 valence electrons. The molecule has 0 radical (unpaired) electrons. The van der Waals surface area contributed by atoms with Gasteiger partial charge in [0.15, 0.2) is 0 Å². The molecule has 6 heteroatoms. The van der Waals surface area contributed by atoms with Crippen LogP contribution in [0.3, 0.4) is 0 Å². The zero-order chi connectivity index (χ0) is 14.8. The van der Waals surface area contributed by atoms with Crippen LogP contribution in [-0.4, -0.2) is 29.0 Å². The zero-order valence-corrected chi connectivity index (χ0v) is 13.6. The van der Waals surface area contributed by atoms with E-state index in [1.54, 1.807) is 0 Å². The van der Waals surface area contributed by atoms with Crippen LogP contribution in [0.5, 0.6) is 11.5 Å². The summed E-state index contributed by atoms with van der Waals surface area (Å²) in [6.45, 7) is 0. The summed E-state index contributed by atoms with van der Waals surface area (Å²) >= 11 is 1.32. The molecule has 1 aromatic carbocycles. The Labute approximate surface area is 127 Å². The van der Waals surface area contributed by atoms with Crippen LogP contribution in [0.1, 0.15) is 0 Å². The van der Waals surface area contributed by atoms with Crippen molar-refractivity contribution in [3.05, 3.63) is 76.6 Å². The summed E-state index contributed by atoms with van der Waals surface area (Å²) in [6.07, 6.45) is 0. The molecule has 0 aliphatic rings. The maximum atomic E-state index is 9.85. The van der Waals surface area contributed by atoms with E-state index in [0.29, 0.717) is 29.0 Å². The predicted molar refractivity (Wildman–Crippen MR) is 75.8 cm³/mol. The van der Waals surface area contributed by atoms with Crippen LogP contribution >= 0.6 is 0 Å². The minimum atomic E-state index is -1.19. The third kappa shape index (κ3) is 5.59. The first-order valence-electron chi connectivity index (χ1n) is 5.43. The fraction of sp³-hybridized carbons (Fsp3) is 0. The van der Waals surface area contributed by atoms with E-state index in [4.69, 9.17) is 0 Å². The standard InChI is InChI=1S/2C5H5Se.C4H2O4/c2*1-2-4-6-5-3-1;5-1-2(6)4(8)3(1)7/h2*1-5H;5-6H/q2*+1;/p-2. The summed E-state index contributed by atoms with van der Waals surface area (Å²) in [5.74, 6) is -2.37. The minimum absolute atomic E-state index is 0.661. The Balaban J connectivity index is 0.000000152. The molecular formula is C14H10O4Se2. The van der Waals surface area contributed by atoms with Gasteiger partial charge < -0.3 is 10.2 Å². The van der Waals surface area contributed by atoms with Gasteiger partial charge in [-0.05, 0) is 0 Å². The topological polar surface area (TPSA) is 80.3 Å². The van der Waals surface area contributed by atoms with Gasteiger partial charge in [0, 0.05) is 0 Å². The summed E-state index contributed by atoms with van der Waals surface area (Å²) in [4.78, 5) is 28.5. The monoisotopic (exact) mass is 402 g/mol. The molecule has 20 heavy (non-hydrogen) atoms. The molecule has 0 spiro atoms. The van der Waals surface area contributed by atoms with Crippen LogP contribution in [0.15, 0.2) is 65.7 Å². The Morgan fingerprint density at radius 1 is 0.600 bits per heavy atom. The average Bonchev–Trinajstić information content (AvgIpc) is 2.57. The molecule has 0 N–H and O–H groups in total. The van der Waals surface area contributed by atoms with Gasteiger partial charge in [-0.1, -0.05) is 11.5 Å². The number of hydrogen-bond acceptors (Lipinski definition) is 4. The molecule has 2 aromatic heterocycles. The van der Waals surface area contributed by atoms with Gasteiger partial charge in [-0.15, -0.1) is 0 Å². The molecule has 0 amide bonds. The average molecular weight is 400 g/mol. The van der Waals surface area contributed by atoms with Gasteiger partial charge in [-0.2, -0.15) is 0 Å². The molecule has 3 rings (SSSR count). The van der Waals surface area contributed by atoms with E-state index in [0.717, 1.165) is 0 Å². The molecule has 0 aliphatic heterocycles. The van der Waals surface area contributed by atoms with E-state index in [1.807, 2.05) is 12.1 Å². The molecule has 0 saturated carbocycles. The summed E-state index contributed by atoms with van der Waals surface area (Å²) in [5.41, 5.74) is -2.37. The van der Waals surface area contributed by atoms with Gasteiger partial charge in [0.05, 0.1) is 0 Å². The van der Waals surface area contributed by atoms with Crippen LogP contribution in [0, 0.1) is 0 Å². The molecule has 2 heterocycles. The second kappa shape index (κ2) is 9.34. The molecule has 3 aromatic rings. The van der Waals surface area contributed by atoms with Crippen molar-refractivity contribution in [3.63, 3.8) is 0 Å². The van der Waals surface area contributed by atoms with Crippen molar-refractivity contribution in [2.75, 3.05) is 0 Å². The van der Waals surface area contributed by atoms with Crippen LogP contribution in [0.2, 0.25) is 0 Å². The Morgan fingerprint density at radius 2 is 0.900 bits per heavy atom. The normalized spacial score (nSPS) is 8.80. The Bertz CT molecular complexity index is 563. The fourth-order valence-electron chi connectivity index (χ4n) is 0.932.